The number of carbonyl (C=O) groups is 1. The highest BCUT2D eigenvalue weighted by atomic mass is 79.9. The zero-order valence-corrected chi connectivity index (χ0v) is 12.3. The third-order valence-corrected chi connectivity index (χ3v) is 5.49. The first-order valence-electron chi connectivity index (χ1n) is 4.15. The maximum atomic E-state index is 10.9. The van der Waals surface area contributed by atoms with Crippen molar-refractivity contribution in [3.8, 4) is 0 Å². The summed E-state index contributed by atoms with van der Waals surface area (Å²) >= 11 is 6.87. The Kier molecular flexibility index (Phi) is 7.99. The molecule has 0 aliphatic rings. The lowest BCUT2D eigenvalue weighted by atomic mass is 10.4. The second-order valence-corrected chi connectivity index (χ2v) is 10.7. The molecule has 0 heterocycles. The van der Waals surface area contributed by atoms with E-state index in [-0.39, 0.29) is 15.5 Å². The van der Waals surface area contributed by atoms with Crippen molar-refractivity contribution in [2.24, 2.45) is 0 Å². The second-order valence-electron chi connectivity index (χ2n) is 2.80. The molecule has 13 heavy (non-hydrogen) atoms. The van der Waals surface area contributed by atoms with Crippen LogP contribution in [0.2, 0.25) is 6.04 Å². The lowest BCUT2D eigenvalue weighted by Crippen LogP contribution is -2.08. The molecule has 2 nitrogen and oxygen atoms in total. The molecule has 0 spiro atoms. The van der Waals surface area contributed by atoms with E-state index in [4.69, 9.17) is 4.74 Å². The molecule has 0 rings (SSSR count). The molecule has 0 aliphatic carbocycles. The van der Waals surface area contributed by atoms with Crippen LogP contribution in [-0.2, 0) is 9.53 Å². The van der Waals surface area contributed by atoms with Crippen molar-refractivity contribution >= 4 is 47.3 Å². The Morgan fingerprint density at radius 1 is 1.62 bits per heavy atom. The van der Waals surface area contributed by atoms with Gasteiger partial charge in [-0.25, -0.2) is 4.79 Å². The summed E-state index contributed by atoms with van der Waals surface area (Å²) < 4.78 is 5.44. The minimum Gasteiger partial charge on any atom is -0.462 e. The summed E-state index contributed by atoms with van der Waals surface area (Å²) in [7, 11) is -0.0986. The molecular formula is C8H14Br2O2Si. The largest absolute Gasteiger partial charge is 0.462 e. The maximum absolute atomic E-state index is 10.9. The number of esters is 1. The molecule has 0 aliphatic heterocycles. The number of rotatable bonds is 6. The molecule has 76 valence electrons. The van der Waals surface area contributed by atoms with Gasteiger partial charge in [0, 0.05) is 5.57 Å². The smallest absolute Gasteiger partial charge is 0.333 e. The average molecular weight is 330 g/mol. The molecule has 0 amide bonds. The van der Waals surface area contributed by atoms with Gasteiger partial charge in [0.1, 0.15) is 0 Å². The predicted molar refractivity (Wildman–Crippen MR) is 65.4 cm³/mol. The molecule has 0 saturated heterocycles. The Hall–Kier alpha value is 0.387. The molecule has 5 heteroatoms. The van der Waals surface area contributed by atoms with E-state index in [0.717, 1.165) is 6.42 Å². The number of hydrogen-bond donors (Lipinski definition) is 0. The van der Waals surface area contributed by atoms with Crippen LogP contribution in [-0.4, -0.2) is 25.5 Å². The van der Waals surface area contributed by atoms with Crippen LogP contribution in [0, 0.1) is 0 Å². The van der Waals surface area contributed by atoms with Crippen molar-refractivity contribution in [2.75, 3.05) is 6.61 Å². The molecule has 0 aromatic heterocycles. The average Bonchev–Trinajstić information content (AvgIpc) is 2.02. The highest BCUT2D eigenvalue weighted by Gasteiger charge is 2.03. The third-order valence-electron chi connectivity index (χ3n) is 1.40. The zero-order valence-electron chi connectivity index (χ0n) is 7.69. The fraction of sp³-hybridized carbons (Fsp3) is 0.625. The van der Waals surface area contributed by atoms with Crippen LogP contribution in [0.15, 0.2) is 12.2 Å². The number of ether oxygens (including phenoxy) is 1. The standard InChI is InChI=1S/C8H14Br2O2Si/c1-6(2)7(11)12-4-3-5-13-8(9)10/h8H,1,3-5,13H2,2H3. The first-order chi connectivity index (χ1) is 6.04. The summed E-state index contributed by atoms with van der Waals surface area (Å²) in [6.45, 7) is 5.68. The van der Waals surface area contributed by atoms with E-state index >= 15 is 0 Å². The van der Waals surface area contributed by atoms with Gasteiger partial charge in [0.15, 0.2) is 0 Å². The van der Waals surface area contributed by atoms with Gasteiger partial charge in [-0.05, 0) is 13.3 Å². The van der Waals surface area contributed by atoms with Crippen LogP contribution < -0.4 is 0 Å². The van der Waals surface area contributed by atoms with Crippen molar-refractivity contribution in [2.45, 2.75) is 22.7 Å². The SMILES string of the molecule is C=C(C)C(=O)OCCC[SiH2]C(Br)Br. The third kappa shape index (κ3) is 8.71. The summed E-state index contributed by atoms with van der Waals surface area (Å²) in [5.41, 5.74) is 0.469. The van der Waals surface area contributed by atoms with Crippen LogP contribution >= 0.6 is 31.9 Å². The molecule has 0 bridgehead atoms. The van der Waals surface area contributed by atoms with Crippen LogP contribution in [0.25, 0.3) is 0 Å². The van der Waals surface area contributed by atoms with E-state index < -0.39 is 0 Å². The van der Waals surface area contributed by atoms with E-state index in [1.54, 1.807) is 6.92 Å². The summed E-state index contributed by atoms with van der Waals surface area (Å²) in [4.78, 5) is 10.9. The van der Waals surface area contributed by atoms with Crippen molar-refractivity contribution in [1.29, 1.82) is 0 Å². The molecule has 0 fully saturated rings. The number of carbonyl (C=O) groups excluding carboxylic acids is 1. The Morgan fingerprint density at radius 2 is 2.23 bits per heavy atom. The number of halogens is 2. The van der Waals surface area contributed by atoms with Gasteiger partial charge < -0.3 is 4.74 Å². The van der Waals surface area contributed by atoms with Gasteiger partial charge in [0.2, 0.25) is 0 Å². The molecule has 0 unspecified atom stereocenters. The van der Waals surface area contributed by atoms with Crippen molar-refractivity contribution < 1.29 is 9.53 Å². The van der Waals surface area contributed by atoms with Crippen molar-refractivity contribution in [3.05, 3.63) is 12.2 Å². The summed E-state index contributed by atoms with van der Waals surface area (Å²) in [6, 6.07) is 1.17. The molecule has 0 saturated carbocycles. The molecule has 0 radical (unpaired) electrons. The van der Waals surface area contributed by atoms with E-state index in [0.29, 0.717) is 15.5 Å². The van der Waals surface area contributed by atoms with Gasteiger partial charge in [-0.15, -0.1) is 0 Å². The highest BCUT2D eigenvalue weighted by Crippen LogP contribution is 2.08. The van der Waals surface area contributed by atoms with Crippen LogP contribution in [0.5, 0.6) is 0 Å². The fourth-order valence-electron chi connectivity index (χ4n) is 0.689. The van der Waals surface area contributed by atoms with Gasteiger partial charge in [0.05, 0.1) is 19.5 Å². The van der Waals surface area contributed by atoms with Crippen LogP contribution in [0.1, 0.15) is 13.3 Å². The minimum absolute atomic E-state index is 0.0986. The van der Waals surface area contributed by atoms with Crippen LogP contribution in [0.4, 0.5) is 0 Å². The van der Waals surface area contributed by atoms with Gasteiger partial charge in [-0.2, -0.15) is 0 Å². The summed E-state index contributed by atoms with van der Waals surface area (Å²) in [6.07, 6.45) is 0.957. The topological polar surface area (TPSA) is 26.3 Å². The zero-order chi connectivity index (χ0) is 10.3. The van der Waals surface area contributed by atoms with E-state index in [9.17, 15) is 4.79 Å². The Labute approximate surface area is 98.2 Å². The van der Waals surface area contributed by atoms with Crippen LogP contribution in [0.3, 0.4) is 0 Å². The normalized spacial score (nSPS) is 11.1. The highest BCUT2D eigenvalue weighted by molar-refractivity contribution is 9.25. The molecule has 0 aromatic carbocycles. The van der Waals surface area contributed by atoms with E-state index in [1.165, 1.54) is 6.04 Å². The molecule has 0 atom stereocenters. The number of hydrogen-bond acceptors (Lipinski definition) is 2. The summed E-state index contributed by atoms with van der Waals surface area (Å²) in [5, 5.41) is 0. The van der Waals surface area contributed by atoms with Gasteiger partial charge in [0.25, 0.3) is 0 Å². The Bertz CT molecular complexity index is 183. The molecular weight excluding hydrogens is 316 g/mol. The lowest BCUT2D eigenvalue weighted by molar-refractivity contribution is -0.138. The van der Waals surface area contributed by atoms with Crippen molar-refractivity contribution in [1.82, 2.24) is 0 Å². The number of alkyl halides is 2. The Balaban J connectivity index is 3.26. The monoisotopic (exact) mass is 328 g/mol. The first-order valence-corrected chi connectivity index (χ1v) is 7.79. The van der Waals surface area contributed by atoms with Crippen molar-refractivity contribution in [3.63, 3.8) is 0 Å². The fourth-order valence-corrected chi connectivity index (χ4v) is 3.43. The van der Waals surface area contributed by atoms with Gasteiger partial charge in [-0.1, -0.05) is 44.5 Å². The minimum atomic E-state index is -0.282. The second kappa shape index (κ2) is 7.76. The lowest BCUT2D eigenvalue weighted by Gasteiger charge is -2.03. The summed E-state index contributed by atoms with van der Waals surface area (Å²) in [5.74, 6) is -0.282. The van der Waals surface area contributed by atoms with E-state index in [2.05, 4.69) is 38.4 Å². The molecule has 0 N–H and O–H groups in total. The van der Waals surface area contributed by atoms with E-state index in [1.807, 2.05) is 0 Å². The maximum Gasteiger partial charge on any atom is 0.333 e. The molecule has 0 aromatic rings. The quantitative estimate of drug-likeness (QED) is 0.245. The Morgan fingerprint density at radius 3 is 2.69 bits per heavy atom. The van der Waals surface area contributed by atoms with Gasteiger partial charge >= 0.3 is 5.97 Å². The van der Waals surface area contributed by atoms with Gasteiger partial charge in [-0.3, -0.25) is 0 Å². The first kappa shape index (κ1) is 13.4. The predicted octanol–water partition coefficient (Wildman–Crippen LogP) is 2.16.